The first kappa shape index (κ1) is 15.1. The maximum Gasteiger partial charge on any atom is 0.151 e. The summed E-state index contributed by atoms with van der Waals surface area (Å²) in [5.74, 6) is 0. The molecule has 5 heteroatoms. The van der Waals surface area contributed by atoms with Crippen LogP contribution in [0.1, 0.15) is 42.5 Å². The fraction of sp³-hybridized carbons (Fsp3) is 0.467. The normalized spacial score (nSPS) is 13.4. The maximum absolute atomic E-state index is 5.57. The predicted molar refractivity (Wildman–Crippen MR) is 81.8 cm³/mol. The largest absolute Gasteiger partial charge is 0.369 e. The van der Waals surface area contributed by atoms with Gasteiger partial charge in [0.05, 0.1) is 6.54 Å². The zero-order valence-corrected chi connectivity index (χ0v) is 13.2. The molecule has 1 aromatic heterocycles. The van der Waals surface area contributed by atoms with Crippen molar-refractivity contribution in [2.45, 2.75) is 39.0 Å². The van der Waals surface area contributed by atoms with Gasteiger partial charge in [-0.2, -0.15) is 0 Å². The van der Waals surface area contributed by atoms with Gasteiger partial charge in [-0.3, -0.25) is 0 Å². The van der Waals surface area contributed by atoms with Crippen LogP contribution in [0, 0.1) is 0 Å². The van der Waals surface area contributed by atoms with E-state index in [9.17, 15) is 0 Å². The summed E-state index contributed by atoms with van der Waals surface area (Å²) < 4.78 is 5.57. The van der Waals surface area contributed by atoms with Crippen molar-refractivity contribution in [1.82, 2.24) is 15.5 Å². The van der Waals surface area contributed by atoms with Gasteiger partial charge < -0.3 is 10.1 Å². The van der Waals surface area contributed by atoms with Crippen molar-refractivity contribution in [2.75, 3.05) is 7.11 Å². The van der Waals surface area contributed by atoms with Crippen LogP contribution in [0.2, 0.25) is 0 Å². The minimum atomic E-state index is -0.142. The third-order valence-corrected chi connectivity index (χ3v) is 3.78. The number of nitrogens with one attached hydrogen (secondary N) is 1. The van der Waals surface area contributed by atoms with Crippen LogP contribution in [0.4, 0.5) is 0 Å². The summed E-state index contributed by atoms with van der Waals surface area (Å²) in [6.07, 6.45) is -0.142. The number of ether oxygens (including phenoxy) is 1. The van der Waals surface area contributed by atoms with Gasteiger partial charge in [-0.1, -0.05) is 41.7 Å². The SMILES string of the molecule is COC(c1ccccc1)c1nnc(CNC(C)(C)C)s1. The molecule has 108 valence electrons. The van der Waals surface area contributed by atoms with Crippen molar-refractivity contribution in [1.29, 1.82) is 0 Å². The Hall–Kier alpha value is -1.30. The summed E-state index contributed by atoms with van der Waals surface area (Å²) >= 11 is 1.59. The van der Waals surface area contributed by atoms with Crippen LogP contribution in [0.3, 0.4) is 0 Å². The molecule has 0 aliphatic rings. The molecule has 0 aliphatic carbocycles. The van der Waals surface area contributed by atoms with Crippen LogP contribution in [-0.4, -0.2) is 22.8 Å². The molecule has 1 heterocycles. The second kappa shape index (κ2) is 6.43. The highest BCUT2D eigenvalue weighted by Gasteiger charge is 2.19. The van der Waals surface area contributed by atoms with E-state index in [1.807, 2.05) is 30.3 Å². The molecule has 1 unspecified atom stereocenters. The number of methoxy groups -OCH3 is 1. The van der Waals surface area contributed by atoms with Gasteiger partial charge >= 0.3 is 0 Å². The van der Waals surface area contributed by atoms with Gasteiger partial charge in [0.2, 0.25) is 0 Å². The number of aromatic nitrogens is 2. The fourth-order valence-corrected chi connectivity index (χ4v) is 2.68. The molecule has 1 N–H and O–H groups in total. The zero-order chi connectivity index (χ0) is 14.6. The van der Waals surface area contributed by atoms with Gasteiger partial charge in [0.25, 0.3) is 0 Å². The number of hydrogen-bond donors (Lipinski definition) is 1. The summed E-state index contributed by atoms with van der Waals surface area (Å²) in [6, 6.07) is 10.1. The van der Waals surface area contributed by atoms with Gasteiger partial charge in [0.1, 0.15) is 11.1 Å². The summed E-state index contributed by atoms with van der Waals surface area (Å²) in [7, 11) is 1.70. The topological polar surface area (TPSA) is 47.0 Å². The Morgan fingerprint density at radius 3 is 2.50 bits per heavy atom. The molecule has 4 nitrogen and oxygen atoms in total. The Morgan fingerprint density at radius 1 is 1.20 bits per heavy atom. The Balaban J connectivity index is 2.11. The standard InChI is InChI=1S/C15H21N3OS/c1-15(2,3)16-10-12-17-18-14(20-12)13(19-4)11-8-6-5-7-9-11/h5-9,13,16H,10H2,1-4H3. The highest BCUT2D eigenvalue weighted by Crippen LogP contribution is 2.27. The third kappa shape index (κ3) is 4.10. The molecule has 0 aliphatic heterocycles. The quantitative estimate of drug-likeness (QED) is 0.919. The second-order valence-electron chi connectivity index (χ2n) is 5.66. The van der Waals surface area contributed by atoms with E-state index in [1.54, 1.807) is 18.4 Å². The van der Waals surface area contributed by atoms with Crippen LogP contribution in [-0.2, 0) is 11.3 Å². The van der Waals surface area contributed by atoms with Crippen molar-refractivity contribution >= 4 is 11.3 Å². The van der Waals surface area contributed by atoms with Gasteiger partial charge in [-0.15, -0.1) is 10.2 Å². The van der Waals surface area contributed by atoms with Gasteiger partial charge in [-0.05, 0) is 26.3 Å². The lowest BCUT2D eigenvalue weighted by Gasteiger charge is -2.19. The lowest BCUT2D eigenvalue weighted by atomic mass is 10.1. The van der Waals surface area contributed by atoms with E-state index in [2.05, 4.69) is 36.3 Å². The molecule has 0 saturated heterocycles. The van der Waals surface area contributed by atoms with E-state index in [-0.39, 0.29) is 11.6 Å². The molecule has 0 radical (unpaired) electrons. The number of hydrogen-bond acceptors (Lipinski definition) is 5. The molecule has 0 bridgehead atoms. The summed E-state index contributed by atoms with van der Waals surface area (Å²) in [6.45, 7) is 7.14. The average Bonchev–Trinajstić information content (AvgIpc) is 2.87. The first-order valence-corrected chi connectivity index (χ1v) is 7.46. The Kier molecular flexibility index (Phi) is 4.86. The molecule has 0 spiro atoms. The monoisotopic (exact) mass is 291 g/mol. The minimum Gasteiger partial charge on any atom is -0.369 e. The second-order valence-corrected chi connectivity index (χ2v) is 6.76. The molecule has 1 aromatic carbocycles. The van der Waals surface area contributed by atoms with Crippen LogP contribution in [0.25, 0.3) is 0 Å². The molecule has 1 atom stereocenters. The highest BCUT2D eigenvalue weighted by molar-refractivity contribution is 7.11. The zero-order valence-electron chi connectivity index (χ0n) is 12.4. The van der Waals surface area contributed by atoms with Crippen molar-refractivity contribution in [2.24, 2.45) is 0 Å². The van der Waals surface area contributed by atoms with Crippen molar-refractivity contribution in [3.05, 3.63) is 45.9 Å². The molecule has 0 amide bonds. The van der Waals surface area contributed by atoms with Gasteiger partial charge in [0, 0.05) is 12.6 Å². The lowest BCUT2D eigenvalue weighted by molar-refractivity contribution is 0.135. The molecule has 20 heavy (non-hydrogen) atoms. The van der Waals surface area contributed by atoms with E-state index in [1.165, 1.54) is 0 Å². The van der Waals surface area contributed by atoms with E-state index >= 15 is 0 Å². The fourth-order valence-electron chi connectivity index (χ4n) is 1.79. The number of rotatable bonds is 5. The van der Waals surface area contributed by atoms with Gasteiger partial charge in [0.15, 0.2) is 5.01 Å². The molecular formula is C15H21N3OS. The summed E-state index contributed by atoms with van der Waals surface area (Å²) in [5.41, 5.74) is 1.17. The third-order valence-electron chi connectivity index (χ3n) is 2.81. The highest BCUT2D eigenvalue weighted by atomic mass is 32.1. The van der Waals surface area contributed by atoms with Crippen molar-refractivity contribution in [3.8, 4) is 0 Å². The van der Waals surface area contributed by atoms with E-state index in [0.717, 1.165) is 22.1 Å². The van der Waals surface area contributed by atoms with E-state index in [0.29, 0.717) is 0 Å². The molecular weight excluding hydrogens is 270 g/mol. The van der Waals surface area contributed by atoms with E-state index < -0.39 is 0 Å². The maximum atomic E-state index is 5.57. The minimum absolute atomic E-state index is 0.0753. The van der Waals surface area contributed by atoms with E-state index in [4.69, 9.17) is 4.74 Å². The number of benzene rings is 1. The van der Waals surface area contributed by atoms with Crippen molar-refractivity contribution < 1.29 is 4.74 Å². The van der Waals surface area contributed by atoms with Gasteiger partial charge in [-0.25, -0.2) is 0 Å². The van der Waals surface area contributed by atoms with Crippen LogP contribution in [0.5, 0.6) is 0 Å². The van der Waals surface area contributed by atoms with Crippen LogP contribution in [0.15, 0.2) is 30.3 Å². The Morgan fingerprint density at radius 2 is 1.90 bits per heavy atom. The molecule has 2 rings (SSSR count). The number of nitrogens with zero attached hydrogens (tertiary/aromatic N) is 2. The first-order valence-electron chi connectivity index (χ1n) is 6.64. The summed E-state index contributed by atoms with van der Waals surface area (Å²) in [4.78, 5) is 0. The van der Waals surface area contributed by atoms with Crippen LogP contribution < -0.4 is 5.32 Å². The molecule has 2 aromatic rings. The summed E-state index contributed by atoms with van der Waals surface area (Å²) in [5, 5.41) is 13.8. The Bertz CT molecular complexity index is 534. The lowest BCUT2D eigenvalue weighted by Crippen LogP contribution is -2.35. The average molecular weight is 291 g/mol. The smallest absolute Gasteiger partial charge is 0.151 e. The first-order chi connectivity index (χ1) is 9.49. The van der Waals surface area contributed by atoms with Crippen LogP contribution >= 0.6 is 11.3 Å². The molecule has 0 saturated carbocycles. The Labute approximate surface area is 124 Å². The predicted octanol–water partition coefficient (Wildman–Crippen LogP) is 3.16. The molecule has 0 fully saturated rings. The van der Waals surface area contributed by atoms with Crippen molar-refractivity contribution in [3.63, 3.8) is 0 Å².